The molecule has 1 nitrogen and oxygen atoms in total. The molecule has 3 unspecified atom stereocenters. The summed E-state index contributed by atoms with van der Waals surface area (Å²) in [6, 6.07) is 4.87. The van der Waals surface area contributed by atoms with Gasteiger partial charge in [0.1, 0.15) is 5.82 Å². The second kappa shape index (κ2) is 4.17. The van der Waals surface area contributed by atoms with Gasteiger partial charge < -0.3 is 5.32 Å². The molecule has 0 amide bonds. The van der Waals surface area contributed by atoms with E-state index in [1.165, 1.54) is 12.0 Å². The second-order valence-electron chi connectivity index (χ2n) is 5.18. The van der Waals surface area contributed by atoms with Gasteiger partial charge in [-0.25, -0.2) is 4.39 Å². The molecule has 1 aliphatic carbocycles. The van der Waals surface area contributed by atoms with Gasteiger partial charge in [0.05, 0.1) is 0 Å². The van der Waals surface area contributed by atoms with Gasteiger partial charge in [-0.1, -0.05) is 19.1 Å². The Bertz CT molecular complexity index is 377. The molecule has 0 aliphatic heterocycles. The monoisotopic (exact) mass is 221 g/mol. The molecule has 0 heterocycles. The van der Waals surface area contributed by atoms with Gasteiger partial charge in [-0.3, -0.25) is 0 Å². The molecule has 1 fully saturated rings. The zero-order valence-electron chi connectivity index (χ0n) is 10.5. The van der Waals surface area contributed by atoms with E-state index in [2.05, 4.69) is 19.2 Å². The average Bonchev–Trinajstić information content (AvgIpc) is 2.90. The van der Waals surface area contributed by atoms with Crippen molar-refractivity contribution in [2.75, 3.05) is 0 Å². The van der Waals surface area contributed by atoms with Crippen molar-refractivity contribution in [2.24, 2.45) is 5.92 Å². The van der Waals surface area contributed by atoms with Gasteiger partial charge >= 0.3 is 0 Å². The highest BCUT2D eigenvalue weighted by Crippen LogP contribution is 2.32. The molecule has 1 aromatic rings. The molecule has 0 saturated heterocycles. The van der Waals surface area contributed by atoms with Gasteiger partial charge in [0.2, 0.25) is 0 Å². The van der Waals surface area contributed by atoms with E-state index in [1.807, 2.05) is 26.0 Å². The molecule has 1 saturated carbocycles. The molecule has 0 spiro atoms. The van der Waals surface area contributed by atoms with Crippen LogP contribution in [-0.4, -0.2) is 6.04 Å². The van der Waals surface area contributed by atoms with Crippen molar-refractivity contribution in [1.29, 1.82) is 0 Å². The number of hydrogen-bond acceptors (Lipinski definition) is 1. The fourth-order valence-electron chi connectivity index (χ4n) is 2.20. The zero-order chi connectivity index (χ0) is 11.9. The molecule has 2 rings (SSSR count). The number of benzene rings is 1. The van der Waals surface area contributed by atoms with E-state index in [9.17, 15) is 4.39 Å². The molecular weight excluding hydrogens is 201 g/mol. The summed E-state index contributed by atoms with van der Waals surface area (Å²) in [5.74, 6) is 0.723. The van der Waals surface area contributed by atoms with Crippen LogP contribution in [0.15, 0.2) is 12.1 Å². The van der Waals surface area contributed by atoms with Crippen molar-refractivity contribution >= 4 is 0 Å². The molecule has 3 atom stereocenters. The third-order valence-electron chi connectivity index (χ3n) is 3.53. The van der Waals surface area contributed by atoms with E-state index in [4.69, 9.17) is 0 Å². The van der Waals surface area contributed by atoms with E-state index in [1.54, 1.807) is 0 Å². The highest BCUT2D eigenvalue weighted by molar-refractivity contribution is 5.32. The molecule has 2 heteroatoms. The Balaban J connectivity index is 2.13. The SMILES string of the molecule is Cc1cc(C(C)NC2CC2C)cc(C)c1F. The van der Waals surface area contributed by atoms with E-state index < -0.39 is 0 Å². The van der Waals surface area contributed by atoms with Gasteiger partial charge in [-0.15, -0.1) is 0 Å². The van der Waals surface area contributed by atoms with Crippen molar-refractivity contribution < 1.29 is 4.39 Å². The maximum Gasteiger partial charge on any atom is 0.129 e. The van der Waals surface area contributed by atoms with Crippen LogP contribution in [0.25, 0.3) is 0 Å². The van der Waals surface area contributed by atoms with Gasteiger partial charge in [0, 0.05) is 12.1 Å². The van der Waals surface area contributed by atoms with Crippen LogP contribution in [0.1, 0.15) is 43.0 Å². The molecule has 16 heavy (non-hydrogen) atoms. The first-order valence-electron chi connectivity index (χ1n) is 6.01. The Morgan fingerprint density at radius 3 is 2.25 bits per heavy atom. The van der Waals surface area contributed by atoms with Crippen LogP contribution in [-0.2, 0) is 0 Å². The predicted molar refractivity (Wildman–Crippen MR) is 65.0 cm³/mol. The van der Waals surface area contributed by atoms with E-state index >= 15 is 0 Å². The number of rotatable bonds is 3. The summed E-state index contributed by atoms with van der Waals surface area (Å²) in [7, 11) is 0. The van der Waals surface area contributed by atoms with Crippen LogP contribution >= 0.6 is 0 Å². The smallest absolute Gasteiger partial charge is 0.129 e. The minimum atomic E-state index is -0.0734. The molecule has 1 N–H and O–H groups in total. The first-order valence-corrected chi connectivity index (χ1v) is 6.01. The maximum atomic E-state index is 13.5. The molecule has 0 radical (unpaired) electrons. The molecule has 88 valence electrons. The van der Waals surface area contributed by atoms with E-state index in [-0.39, 0.29) is 5.82 Å². The number of halogens is 1. The fourth-order valence-corrected chi connectivity index (χ4v) is 2.20. The maximum absolute atomic E-state index is 13.5. The summed E-state index contributed by atoms with van der Waals surface area (Å²) in [6.45, 7) is 8.07. The Hall–Kier alpha value is -0.890. The number of aryl methyl sites for hydroxylation is 2. The minimum absolute atomic E-state index is 0.0734. The van der Waals surface area contributed by atoms with Crippen LogP contribution in [0.5, 0.6) is 0 Å². The van der Waals surface area contributed by atoms with Crippen LogP contribution in [0, 0.1) is 25.6 Å². The summed E-state index contributed by atoms with van der Waals surface area (Å²) < 4.78 is 13.5. The van der Waals surface area contributed by atoms with Crippen LogP contribution in [0.3, 0.4) is 0 Å². The quantitative estimate of drug-likeness (QED) is 0.823. The molecule has 0 bridgehead atoms. The van der Waals surface area contributed by atoms with Gasteiger partial charge in [-0.05, 0) is 49.8 Å². The second-order valence-corrected chi connectivity index (χ2v) is 5.18. The first-order chi connectivity index (χ1) is 7.49. The summed E-state index contributed by atoms with van der Waals surface area (Å²) in [6.07, 6.45) is 1.27. The third-order valence-corrected chi connectivity index (χ3v) is 3.53. The van der Waals surface area contributed by atoms with Gasteiger partial charge in [0.25, 0.3) is 0 Å². The Morgan fingerprint density at radius 1 is 1.31 bits per heavy atom. The van der Waals surface area contributed by atoms with E-state index in [0.29, 0.717) is 12.1 Å². The van der Waals surface area contributed by atoms with Crippen LogP contribution in [0.2, 0.25) is 0 Å². The molecule has 1 aliphatic rings. The summed E-state index contributed by atoms with van der Waals surface area (Å²) >= 11 is 0. The minimum Gasteiger partial charge on any atom is -0.307 e. The standard InChI is InChI=1S/C14H20FN/c1-8-7-13(8)16-11(4)12-5-9(2)14(15)10(3)6-12/h5-6,8,11,13,16H,7H2,1-4H3. The molecule has 0 aromatic heterocycles. The highest BCUT2D eigenvalue weighted by Gasteiger charge is 2.33. The lowest BCUT2D eigenvalue weighted by Gasteiger charge is -2.16. The van der Waals surface area contributed by atoms with Crippen molar-refractivity contribution in [3.63, 3.8) is 0 Å². The summed E-state index contributed by atoms with van der Waals surface area (Å²) in [5.41, 5.74) is 2.68. The van der Waals surface area contributed by atoms with Crippen molar-refractivity contribution in [3.05, 3.63) is 34.6 Å². The van der Waals surface area contributed by atoms with Crippen LogP contribution < -0.4 is 5.32 Å². The molecule has 1 aromatic carbocycles. The summed E-state index contributed by atoms with van der Waals surface area (Å²) in [5, 5.41) is 3.57. The fraction of sp³-hybridized carbons (Fsp3) is 0.571. The largest absolute Gasteiger partial charge is 0.307 e. The van der Waals surface area contributed by atoms with Gasteiger partial charge in [-0.2, -0.15) is 0 Å². The third kappa shape index (κ3) is 2.27. The predicted octanol–water partition coefficient (Wildman–Crippen LogP) is 3.50. The molecular formula is C14H20FN. The number of nitrogens with one attached hydrogen (secondary N) is 1. The van der Waals surface area contributed by atoms with Crippen molar-refractivity contribution in [2.45, 2.75) is 46.2 Å². The lowest BCUT2D eigenvalue weighted by molar-refractivity contribution is 0.547. The lowest BCUT2D eigenvalue weighted by Crippen LogP contribution is -2.22. The van der Waals surface area contributed by atoms with Gasteiger partial charge in [0.15, 0.2) is 0 Å². The first kappa shape index (κ1) is 11.6. The normalized spacial score (nSPS) is 25.6. The summed E-state index contributed by atoms with van der Waals surface area (Å²) in [4.78, 5) is 0. The van der Waals surface area contributed by atoms with Crippen molar-refractivity contribution in [1.82, 2.24) is 5.32 Å². The Labute approximate surface area is 97.1 Å². The topological polar surface area (TPSA) is 12.0 Å². The zero-order valence-corrected chi connectivity index (χ0v) is 10.5. The lowest BCUT2D eigenvalue weighted by atomic mass is 10.0. The number of hydrogen-bond donors (Lipinski definition) is 1. The average molecular weight is 221 g/mol. The Kier molecular flexibility index (Phi) is 3.02. The Morgan fingerprint density at radius 2 is 1.81 bits per heavy atom. The van der Waals surface area contributed by atoms with E-state index in [0.717, 1.165) is 17.0 Å². The highest BCUT2D eigenvalue weighted by atomic mass is 19.1. The van der Waals surface area contributed by atoms with Crippen molar-refractivity contribution in [3.8, 4) is 0 Å². The van der Waals surface area contributed by atoms with Crippen LogP contribution in [0.4, 0.5) is 4.39 Å².